The minimum Gasteiger partial charge on any atom is -0.426 e. The van der Waals surface area contributed by atoms with Crippen LogP contribution in [0.2, 0.25) is 0 Å². The first-order chi connectivity index (χ1) is 7.08. The lowest BCUT2D eigenvalue weighted by atomic mass is 10.1. The van der Waals surface area contributed by atoms with Crippen molar-refractivity contribution in [2.24, 2.45) is 0 Å². The van der Waals surface area contributed by atoms with E-state index < -0.39 is 0 Å². The Morgan fingerprint density at radius 1 is 1.33 bits per heavy atom. The molecule has 1 aliphatic carbocycles. The Bertz CT molecular complexity index is 456. The predicted molar refractivity (Wildman–Crippen MR) is 59.2 cm³/mol. The molecule has 0 saturated carbocycles. The molecule has 0 spiro atoms. The third-order valence-corrected chi connectivity index (χ3v) is 2.60. The summed E-state index contributed by atoms with van der Waals surface area (Å²) >= 11 is 0. The minimum absolute atomic E-state index is 0.251. The molecule has 2 rings (SSSR count). The van der Waals surface area contributed by atoms with Gasteiger partial charge in [-0.05, 0) is 37.5 Å². The van der Waals surface area contributed by atoms with Crippen LogP contribution in [-0.2, 0) is 16.0 Å². The highest BCUT2D eigenvalue weighted by Crippen LogP contribution is 2.33. The van der Waals surface area contributed by atoms with Gasteiger partial charge in [0.25, 0.3) is 0 Å². The molecule has 0 radical (unpaired) electrons. The summed E-state index contributed by atoms with van der Waals surface area (Å²) in [5.74, 6) is 0.500. The van der Waals surface area contributed by atoms with Crippen molar-refractivity contribution in [3.05, 3.63) is 40.5 Å². The van der Waals surface area contributed by atoms with Crippen LogP contribution in [0.5, 0.6) is 0 Å². The van der Waals surface area contributed by atoms with Gasteiger partial charge in [0.2, 0.25) is 0 Å². The van der Waals surface area contributed by atoms with Gasteiger partial charge in [-0.15, -0.1) is 0 Å². The van der Waals surface area contributed by atoms with Gasteiger partial charge in [0.1, 0.15) is 5.76 Å². The molecule has 2 heteroatoms. The van der Waals surface area contributed by atoms with Gasteiger partial charge >= 0.3 is 5.97 Å². The van der Waals surface area contributed by atoms with Gasteiger partial charge < -0.3 is 4.74 Å². The average Bonchev–Trinajstić information content (AvgIpc) is 2.43. The summed E-state index contributed by atoms with van der Waals surface area (Å²) in [5, 5.41) is 0. The van der Waals surface area contributed by atoms with Crippen LogP contribution in [0.3, 0.4) is 0 Å². The highest BCUT2D eigenvalue weighted by molar-refractivity contribution is 5.81. The highest BCUT2D eigenvalue weighted by atomic mass is 16.5. The summed E-state index contributed by atoms with van der Waals surface area (Å²) in [5.41, 5.74) is 4.64. The van der Waals surface area contributed by atoms with Gasteiger partial charge in [0.05, 0.1) is 0 Å². The summed E-state index contributed by atoms with van der Waals surface area (Å²) in [6.45, 7) is 5.49. The van der Waals surface area contributed by atoms with E-state index in [1.165, 1.54) is 18.1 Å². The van der Waals surface area contributed by atoms with Gasteiger partial charge in [-0.1, -0.05) is 17.7 Å². The van der Waals surface area contributed by atoms with Gasteiger partial charge in [0.15, 0.2) is 0 Å². The summed E-state index contributed by atoms with van der Waals surface area (Å²) in [4.78, 5) is 11.0. The Morgan fingerprint density at radius 3 is 2.73 bits per heavy atom. The average molecular weight is 202 g/mol. The zero-order chi connectivity index (χ0) is 11.0. The monoisotopic (exact) mass is 202 g/mol. The highest BCUT2D eigenvalue weighted by Gasteiger charge is 2.21. The fourth-order valence-electron chi connectivity index (χ4n) is 1.94. The second-order valence-corrected chi connectivity index (χ2v) is 4.04. The van der Waals surface area contributed by atoms with Crippen LogP contribution in [0, 0.1) is 6.92 Å². The van der Waals surface area contributed by atoms with Crippen LogP contribution in [-0.4, -0.2) is 5.97 Å². The lowest BCUT2D eigenvalue weighted by Gasteiger charge is -2.06. The summed E-state index contributed by atoms with van der Waals surface area (Å²) in [7, 11) is 0. The number of ether oxygens (including phenoxy) is 1. The zero-order valence-electron chi connectivity index (χ0n) is 9.26. The molecule has 2 nitrogen and oxygen atoms in total. The molecule has 0 N–H and O–H groups in total. The van der Waals surface area contributed by atoms with Crippen LogP contribution < -0.4 is 0 Å². The quantitative estimate of drug-likeness (QED) is 0.654. The number of aryl methyl sites for hydroxylation is 1. The van der Waals surface area contributed by atoms with Crippen LogP contribution in [0.25, 0.3) is 5.76 Å². The van der Waals surface area contributed by atoms with Crippen molar-refractivity contribution in [1.82, 2.24) is 0 Å². The second-order valence-electron chi connectivity index (χ2n) is 4.04. The Labute approximate surface area is 89.6 Å². The van der Waals surface area contributed by atoms with Crippen LogP contribution in [0.1, 0.15) is 30.5 Å². The van der Waals surface area contributed by atoms with Crippen molar-refractivity contribution in [2.45, 2.75) is 27.2 Å². The zero-order valence-corrected chi connectivity index (χ0v) is 9.26. The fraction of sp³-hybridized carbons (Fsp3) is 0.308. The van der Waals surface area contributed by atoms with E-state index in [1.54, 1.807) is 0 Å². The lowest BCUT2D eigenvalue weighted by Crippen LogP contribution is -1.98. The molecular weight excluding hydrogens is 188 g/mol. The summed E-state index contributed by atoms with van der Waals surface area (Å²) in [6.07, 6.45) is 0.887. The van der Waals surface area contributed by atoms with Crippen LogP contribution >= 0.6 is 0 Å². The fourth-order valence-corrected chi connectivity index (χ4v) is 1.94. The SMILES string of the molecule is CC(=O)OC1=C(C)Cc2ccc(C)cc21. The standard InChI is InChI=1S/C13H14O2/c1-8-4-5-11-7-9(2)13(12(11)6-8)15-10(3)14/h4-6H,7H2,1-3H3. The van der Waals surface area contributed by atoms with Crippen molar-refractivity contribution in [2.75, 3.05) is 0 Å². The summed E-state index contributed by atoms with van der Waals surface area (Å²) < 4.78 is 5.25. The van der Waals surface area contributed by atoms with Crippen molar-refractivity contribution >= 4 is 11.7 Å². The molecule has 0 saturated heterocycles. The molecule has 0 amide bonds. The molecule has 0 unspecified atom stereocenters. The maximum atomic E-state index is 11.0. The third-order valence-electron chi connectivity index (χ3n) is 2.60. The van der Waals surface area contributed by atoms with Crippen LogP contribution in [0.15, 0.2) is 23.8 Å². The smallest absolute Gasteiger partial charge is 0.308 e. The number of allylic oxidation sites excluding steroid dienone is 1. The molecule has 0 heterocycles. The number of rotatable bonds is 1. The molecule has 1 aromatic carbocycles. The lowest BCUT2D eigenvalue weighted by molar-refractivity contribution is -0.134. The van der Waals surface area contributed by atoms with E-state index in [-0.39, 0.29) is 5.97 Å². The van der Waals surface area contributed by atoms with E-state index in [2.05, 4.69) is 18.2 Å². The first kappa shape index (κ1) is 9.97. The molecule has 0 fully saturated rings. The van der Waals surface area contributed by atoms with Crippen LogP contribution in [0.4, 0.5) is 0 Å². The number of carbonyl (C=O) groups is 1. The van der Waals surface area contributed by atoms with Gasteiger partial charge in [-0.25, -0.2) is 0 Å². The van der Waals surface area contributed by atoms with Gasteiger partial charge in [-0.2, -0.15) is 0 Å². The maximum absolute atomic E-state index is 11.0. The number of carbonyl (C=O) groups excluding carboxylic acids is 1. The minimum atomic E-state index is -0.251. The topological polar surface area (TPSA) is 26.3 Å². The van der Waals surface area contributed by atoms with Crippen molar-refractivity contribution in [1.29, 1.82) is 0 Å². The number of hydrogen-bond donors (Lipinski definition) is 0. The van der Waals surface area contributed by atoms with Crippen molar-refractivity contribution < 1.29 is 9.53 Å². The number of esters is 1. The van der Waals surface area contributed by atoms with Crippen molar-refractivity contribution in [3.8, 4) is 0 Å². The first-order valence-electron chi connectivity index (χ1n) is 5.06. The predicted octanol–water partition coefficient (Wildman–Crippen LogP) is 2.85. The summed E-state index contributed by atoms with van der Waals surface area (Å²) in [6, 6.07) is 6.26. The number of fused-ring (bicyclic) bond motifs is 1. The second kappa shape index (κ2) is 3.54. The Hall–Kier alpha value is -1.57. The Kier molecular flexibility index (Phi) is 2.35. The van der Waals surface area contributed by atoms with E-state index in [0.717, 1.165) is 23.3 Å². The molecule has 0 atom stereocenters. The molecule has 0 aromatic heterocycles. The van der Waals surface area contributed by atoms with Gasteiger partial charge in [-0.3, -0.25) is 4.79 Å². The van der Waals surface area contributed by atoms with E-state index in [0.29, 0.717) is 0 Å². The number of hydrogen-bond acceptors (Lipinski definition) is 2. The van der Waals surface area contributed by atoms with Gasteiger partial charge in [0, 0.05) is 12.5 Å². The molecule has 1 aromatic rings. The van der Waals surface area contributed by atoms with E-state index in [4.69, 9.17) is 4.74 Å². The molecule has 0 bridgehead atoms. The normalized spacial score (nSPS) is 14.1. The third kappa shape index (κ3) is 1.80. The largest absolute Gasteiger partial charge is 0.426 e. The molecule has 78 valence electrons. The molecular formula is C13H14O2. The molecule has 15 heavy (non-hydrogen) atoms. The first-order valence-corrected chi connectivity index (χ1v) is 5.06. The van der Waals surface area contributed by atoms with E-state index >= 15 is 0 Å². The Morgan fingerprint density at radius 2 is 2.07 bits per heavy atom. The van der Waals surface area contributed by atoms with Crippen molar-refractivity contribution in [3.63, 3.8) is 0 Å². The van der Waals surface area contributed by atoms with E-state index in [9.17, 15) is 4.79 Å². The molecule has 1 aliphatic rings. The number of benzene rings is 1. The molecule has 0 aliphatic heterocycles. The van der Waals surface area contributed by atoms with E-state index in [1.807, 2.05) is 13.8 Å². The Balaban J connectivity index is 2.45. The maximum Gasteiger partial charge on any atom is 0.308 e.